The van der Waals surface area contributed by atoms with Crippen molar-refractivity contribution in [2.45, 2.75) is 33.3 Å². The first-order chi connectivity index (χ1) is 13.3. The fraction of sp³-hybridized carbons (Fsp3) is 0.192. The van der Waals surface area contributed by atoms with Crippen LogP contribution in [0.25, 0.3) is 0 Å². The number of aliphatic hydroxyl groups is 1. The van der Waals surface area contributed by atoms with Gasteiger partial charge >= 0.3 is 0 Å². The number of rotatable bonds is 0. The number of ketones is 1. The molecule has 1 aliphatic rings. The maximum Gasteiger partial charge on any atom is 0.194 e. The van der Waals surface area contributed by atoms with E-state index in [9.17, 15) is 9.90 Å². The van der Waals surface area contributed by atoms with Gasteiger partial charge in [-0.3, -0.25) is 4.79 Å². The molecule has 0 spiro atoms. The number of benzene rings is 3. The summed E-state index contributed by atoms with van der Waals surface area (Å²) in [6, 6.07) is 17.3. The van der Waals surface area contributed by atoms with Crippen LogP contribution in [-0.2, 0) is 5.60 Å². The molecule has 1 N–H and O–H groups in total. The molecule has 0 radical (unpaired) electrons. The van der Waals surface area contributed by atoms with E-state index < -0.39 is 5.60 Å². The molecule has 3 aromatic rings. The summed E-state index contributed by atoms with van der Waals surface area (Å²) in [7, 11) is 0. The zero-order chi connectivity index (χ0) is 20.1. The topological polar surface area (TPSA) is 37.3 Å². The van der Waals surface area contributed by atoms with Gasteiger partial charge in [0.25, 0.3) is 0 Å². The van der Waals surface area contributed by atoms with E-state index >= 15 is 0 Å². The summed E-state index contributed by atoms with van der Waals surface area (Å²) < 4.78 is 0. The van der Waals surface area contributed by atoms with Crippen molar-refractivity contribution >= 4 is 5.78 Å². The summed E-state index contributed by atoms with van der Waals surface area (Å²) >= 11 is 0. The SMILES string of the molecule is Cc1cc2c(cc1C)[C@@](O)(C#Cc1ccccc1)c1c(C)ccc(C)c1C2=O. The third kappa shape index (κ3) is 2.68. The maximum absolute atomic E-state index is 13.3. The van der Waals surface area contributed by atoms with Crippen LogP contribution in [0.3, 0.4) is 0 Å². The highest BCUT2D eigenvalue weighted by atomic mass is 16.3. The number of hydrogen-bond donors (Lipinski definition) is 1. The van der Waals surface area contributed by atoms with E-state index in [2.05, 4.69) is 11.8 Å². The standard InChI is InChI=1S/C26H22O2/c1-16-10-11-17(2)24-23(16)25(27)21-14-18(3)19(4)15-22(21)26(24,28)13-12-20-8-6-5-7-9-20/h5-11,14-15,28H,1-4H3/t26-/m0/s1. The molecule has 0 amide bonds. The zero-order valence-corrected chi connectivity index (χ0v) is 16.6. The van der Waals surface area contributed by atoms with Crippen molar-refractivity contribution in [1.29, 1.82) is 0 Å². The highest BCUT2D eigenvalue weighted by Gasteiger charge is 2.43. The minimum Gasteiger partial charge on any atom is -0.369 e. The van der Waals surface area contributed by atoms with Gasteiger partial charge in [-0.25, -0.2) is 0 Å². The number of hydrogen-bond acceptors (Lipinski definition) is 2. The second-order valence-electron chi connectivity index (χ2n) is 7.59. The van der Waals surface area contributed by atoms with E-state index in [4.69, 9.17) is 0 Å². The lowest BCUT2D eigenvalue weighted by molar-refractivity contribution is 0.0977. The lowest BCUT2D eigenvalue weighted by Gasteiger charge is -2.34. The smallest absolute Gasteiger partial charge is 0.194 e. The second-order valence-corrected chi connectivity index (χ2v) is 7.59. The average molecular weight is 366 g/mol. The Kier molecular flexibility index (Phi) is 4.22. The molecule has 0 unspecified atom stereocenters. The number of carbonyl (C=O) groups is 1. The van der Waals surface area contributed by atoms with E-state index in [1.165, 1.54) is 0 Å². The summed E-state index contributed by atoms with van der Waals surface area (Å²) in [5.41, 5.74) is 5.35. The van der Waals surface area contributed by atoms with Gasteiger partial charge in [0.2, 0.25) is 0 Å². The predicted octanol–water partition coefficient (Wildman–Crippen LogP) is 4.75. The van der Waals surface area contributed by atoms with Crippen LogP contribution in [0, 0.1) is 39.5 Å². The molecule has 0 bridgehead atoms. The predicted molar refractivity (Wildman–Crippen MR) is 112 cm³/mol. The number of carbonyl (C=O) groups excluding carboxylic acids is 1. The van der Waals surface area contributed by atoms with Gasteiger partial charge in [0, 0.05) is 27.8 Å². The minimum atomic E-state index is -1.54. The third-order valence-electron chi connectivity index (χ3n) is 5.64. The fourth-order valence-corrected chi connectivity index (χ4v) is 3.96. The molecule has 1 atom stereocenters. The Balaban J connectivity index is 2.08. The van der Waals surface area contributed by atoms with E-state index in [0.29, 0.717) is 22.3 Å². The monoisotopic (exact) mass is 366 g/mol. The van der Waals surface area contributed by atoms with Gasteiger partial charge in [0.1, 0.15) is 0 Å². The van der Waals surface area contributed by atoms with Crippen LogP contribution in [0.15, 0.2) is 54.6 Å². The van der Waals surface area contributed by atoms with Crippen LogP contribution in [0.1, 0.15) is 54.9 Å². The van der Waals surface area contributed by atoms with Crippen LogP contribution in [0.4, 0.5) is 0 Å². The summed E-state index contributed by atoms with van der Waals surface area (Å²) in [6.07, 6.45) is 0. The Hall–Kier alpha value is -3.15. The quantitative estimate of drug-likeness (QED) is 0.583. The first-order valence-corrected chi connectivity index (χ1v) is 9.40. The third-order valence-corrected chi connectivity index (χ3v) is 5.64. The molecule has 138 valence electrons. The van der Waals surface area contributed by atoms with Crippen LogP contribution in [-0.4, -0.2) is 10.9 Å². The molecular weight excluding hydrogens is 344 g/mol. The molecule has 0 saturated carbocycles. The highest BCUT2D eigenvalue weighted by Crippen LogP contribution is 2.43. The first-order valence-electron chi connectivity index (χ1n) is 9.40. The van der Waals surface area contributed by atoms with Crippen molar-refractivity contribution in [1.82, 2.24) is 0 Å². The van der Waals surface area contributed by atoms with Gasteiger partial charge < -0.3 is 5.11 Å². The molecular formula is C26H22O2. The molecule has 0 aliphatic heterocycles. The summed E-state index contributed by atoms with van der Waals surface area (Å²) in [5.74, 6) is 6.20. The van der Waals surface area contributed by atoms with Crippen LogP contribution >= 0.6 is 0 Å². The van der Waals surface area contributed by atoms with E-state index in [0.717, 1.165) is 27.8 Å². The molecule has 4 rings (SSSR count). The first kappa shape index (κ1) is 18.2. The molecule has 0 fully saturated rings. The molecule has 0 heterocycles. The van der Waals surface area contributed by atoms with Crippen molar-refractivity contribution in [3.63, 3.8) is 0 Å². The highest BCUT2D eigenvalue weighted by molar-refractivity contribution is 6.14. The van der Waals surface area contributed by atoms with Gasteiger partial charge in [0.15, 0.2) is 11.4 Å². The lowest BCUT2D eigenvalue weighted by Crippen LogP contribution is -2.36. The number of fused-ring (bicyclic) bond motifs is 2. The van der Waals surface area contributed by atoms with Crippen molar-refractivity contribution in [3.8, 4) is 11.8 Å². The van der Waals surface area contributed by atoms with Crippen molar-refractivity contribution in [2.24, 2.45) is 0 Å². The van der Waals surface area contributed by atoms with Crippen molar-refractivity contribution < 1.29 is 9.90 Å². The maximum atomic E-state index is 13.3. The van der Waals surface area contributed by atoms with Gasteiger partial charge in [-0.2, -0.15) is 0 Å². The lowest BCUT2D eigenvalue weighted by atomic mass is 9.70. The van der Waals surface area contributed by atoms with E-state index in [1.807, 2.05) is 82.3 Å². The Morgan fingerprint density at radius 3 is 2.18 bits per heavy atom. The molecule has 2 heteroatoms. The van der Waals surface area contributed by atoms with Crippen molar-refractivity contribution in [3.05, 3.63) is 105 Å². The molecule has 3 aromatic carbocycles. The summed E-state index contributed by atoms with van der Waals surface area (Å²) in [4.78, 5) is 13.3. The van der Waals surface area contributed by atoms with Crippen LogP contribution in [0.2, 0.25) is 0 Å². The largest absolute Gasteiger partial charge is 0.369 e. The Morgan fingerprint density at radius 1 is 0.821 bits per heavy atom. The van der Waals surface area contributed by atoms with Gasteiger partial charge in [0.05, 0.1) is 0 Å². The molecule has 0 saturated heterocycles. The van der Waals surface area contributed by atoms with Crippen molar-refractivity contribution in [2.75, 3.05) is 0 Å². The fourth-order valence-electron chi connectivity index (χ4n) is 3.96. The second kappa shape index (κ2) is 6.48. The minimum absolute atomic E-state index is 0.0412. The van der Waals surface area contributed by atoms with Gasteiger partial charge in [-0.1, -0.05) is 48.2 Å². The summed E-state index contributed by atoms with van der Waals surface area (Å²) in [5, 5.41) is 11.9. The van der Waals surface area contributed by atoms with Gasteiger partial charge in [-0.15, -0.1) is 0 Å². The molecule has 28 heavy (non-hydrogen) atoms. The molecule has 0 aromatic heterocycles. The van der Waals surface area contributed by atoms with E-state index in [-0.39, 0.29) is 5.78 Å². The average Bonchev–Trinajstić information content (AvgIpc) is 2.69. The Morgan fingerprint density at radius 2 is 1.46 bits per heavy atom. The molecule has 1 aliphatic carbocycles. The Labute approximate surface area is 165 Å². The van der Waals surface area contributed by atoms with Crippen LogP contribution < -0.4 is 0 Å². The zero-order valence-electron chi connectivity index (χ0n) is 16.6. The Bertz CT molecular complexity index is 1180. The molecule has 2 nitrogen and oxygen atoms in total. The normalized spacial score (nSPS) is 17.4. The van der Waals surface area contributed by atoms with E-state index in [1.54, 1.807) is 0 Å². The van der Waals surface area contributed by atoms with Crippen LogP contribution in [0.5, 0.6) is 0 Å². The summed E-state index contributed by atoms with van der Waals surface area (Å²) in [6.45, 7) is 7.81. The van der Waals surface area contributed by atoms with Gasteiger partial charge in [-0.05, 0) is 68.1 Å². The number of aryl methyl sites for hydroxylation is 4.